The van der Waals surface area contributed by atoms with Crippen LogP contribution in [0.3, 0.4) is 0 Å². The summed E-state index contributed by atoms with van der Waals surface area (Å²) in [6, 6.07) is 2.59. The standard InChI is InChI=1S/C44H67N7O11S2/c1-9-27(6)37(47-41(58)33-12-10-11-17-50(33)8)43(59)51(24-62-36(54)20-25(2)3)34(26(4)5)22-35(53)42-46-32(23-64-42)40(57)45-31(21-29-13-15-30(52)16-14-29)38(55)28(7)39(56)48-49-44(60)61-18-19-63/h13-16,23,25-28,31,33-35,37,52-53,63H,9-12,17-22,24H2,1-8H3,(H,45,57)(H,47,58)(H,48,56)(H,49,60)/t27?,28-,31-,33+,34+,35+,37-/m0/s1. The predicted molar refractivity (Wildman–Crippen MR) is 243 cm³/mol. The van der Waals surface area contributed by atoms with Gasteiger partial charge in [-0.05, 0) is 75.2 Å². The van der Waals surface area contributed by atoms with Crippen LogP contribution in [0.5, 0.6) is 5.75 Å². The van der Waals surface area contributed by atoms with E-state index in [2.05, 4.69) is 39.1 Å². The quantitative estimate of drug-likeness (QED) is 0.0275. The average molecular weight is 934 g/mol. The molecular formula is C44H67N7O11S2. The second kappa shape index (κ2) is 26.2. The van der Waals surface area contributed by atoms with Crippen LogP contribution in [-0.2, 0) is 39.9 Å². The van der Waals surface area contributed by atoms with Crippen LogP contribution in [0.4, 0.5) is 4.79 Å². The largest absolute Gasteiger partial charge is 0.508 e. The molecule has 356 valence electrons. The zero-order chi connectivity index (χ0) is 47.7. The Labute approximate surface area is 385 Å². The molecule has 7 atom stereocenters. The smallest absolute Gasteiger partial charge is 0.426 e. The third-order valence-electron chi connectivity index (χ3n) is 11.2. The van der Waals surface area contributed by atoms with Crippen molar-refractivity contribution in [2.45, 2.75) is 124 Å². The summed E-state index contributed by atoms with van der Waals surface area (Å²) < 4.78 is 10.5. The van der Waals surface area contributed by atoms with E-state index in [0.717, 1.165) is 30.7 Å². The molecule has 0 spiro atoms. The molecule has 2 heterocycles. The van der Waals surface area contributed by atoms with Crippen molar-refractivity contribution in [3.8, 4) is 5.75 Å². The zero-order valence-electron chi connectivity index (χ0n) is 38.1. The van der Waals surface area contributed by atoms with Crippen LogP contribution in [0.1, 0.15) is 114 Å². The third kappa shape index (κ3) is 16.3. The predicted octanol–water partition coefficient (Wildman–Crippen LogP) is 3.92. The van der Waals surface area contributed by atoms with E-state index in [0.29, 0.717) is 18.4 Å². The minimum absolute atomic E-state index is 0.00203. The van der Waals surface area contributed by atoms with Gasteiger partial charge in [0.05, 0.1) is 18.0 Å². The second-order valence-corrected chi connectivity index (χ2v) is 18.4. The van der Waals surface area contributed by atoms with E-state index in [1.807, 2.05) is 53.5 Å². The lowest BCUT2D eigenvalue weighted by molar-refractivity contribution is -0.160. The number of hydrogen-bond donors (Lipinski definition) is 7. The number of amides is 5. The number of aromatic hydroxyl groups is 1. The lowest BCUT2D eigenvalue weighted by atomic mass is 9.92. The van der Waals surface area contributed by atoms with E-state index in [4.69, 9.17) is 9.47 Å². The fourth-order valence-corrected chi connectivity index (χ4v) is 8.04. The fraction of sp³-hybridized carbons (Fsp3) is 0.636. The molecule has 20 heteroatoms. The number of carbonyl (C=O) groups is 7. The summed E-state index contributed by atoms with van der Waals surface area (Å²) >= 11 is 4.93. The van der Waals surface area contributed by atoms with Gasteiger partial charge in [0, 0.05) is 30.0 Å². The maximum Gasteiger partial charge on any atom is 0.426 e. The minimum atomic E-state index is -1.36. The number of nitrogens with one attached hydrogen (secondary N) is 4. The molecule has 5 amide bonds. The molecule has 18 nitrogen and oxygen atoms in total. The number of benzene rings is 1. The number of aromatic nitrogens is 1. The number of piperidine rings is 1. The summed E-state index contributed by atoms with van der Waals surface area (Å²) in [5.74, 6) is -5.25. The highest BCUT2D eigenvalue weighted by atomic mass is 32.1. The molecule has 1 aliphatic heterocycles. The Hall–Kier alpha value is -4.79. The average Bonchev–Trinajstić information content (AvgIpc) is 3.76. The Morgan fingerprint density at radius 1 is 0.984 bits per heavy atom. The molecule has 0 radical (unpaired) electrons. The van der Waals surface area contributed by atoms with Crippen molar-refractivity contribution in [1.82, 2.24) is 36.3 Å². The number of ketones is 1. The van der Waals surface area contributed by atoms with Crippen LogP contribution in [0.15, 0.2) is 29.6 Å². The van der Waals surface area contributed by atoms with Crippen molar-refractivity contribution in [2.24, 2.45) is 23.7 Å². The number of rotatable bonds is 23. The minimum Gasteiger partial charge on any atom is -0.508 e. The summed E-state index contributed by atoms with van der Waals surface area (Å²) in [5.41, 5.74) is 4.62. The molecule has 0 saturated carbocycles. The fourth-order valence-electron chi connectivity index (χ4n) is 7.16. The topological polar surface area (TPSA) is 246 Å². The number of thiol groups is 1. The van der Waals surface area contributed by atoms with Crippen molar-refractivity contribution < 1.29 is 53.2 Å². The first-order chi connectivity index (χ1) is 30.3. The summed E-state index contributed by atoms with van der Waals surface area (Å²) in [6.45, 7) is 12.9. The number of aliphatic hydroxyl groups excluding tert-OH is 1. The van der Waals surface area contributed by atoms with Crippen molar-refractivity contribution in [2.75, 3.05) is 32.7 Å². The number of likely N-dealkylation sites (N-methyl/N-ethyl adjacent to an activating group) is 1. The van der Waals surface area contributed by atoms with Crippen LogP contribution in [-0.4, -0.2) is 123 Å². The summed E-state index contributed by atoms with van der Waals surface area (Å²) in [7, 11) is 1.89. The number of phenols is 1. The highest BCUT2D eigenvalue weighted by Crippen LogP contribution is 2.29. The Morgan fingerprint density at radius 2 is 1.67 bits per heavy atom. The molecule has 6 N–H and O–H groups in total. The number of thiazole rings is 1. The molecule has 64 heavy (non-hydrogen) atoms. The number of hydrazine groups is 1. The second-order valence-electron chi connectivity index (χ2n) is 17.0. The molecule has 1 aliphatic rings. The normalized spacial score (nSPS) is 17.0. The lowest BCUT2D eigenvalue weighted by Crippen LogP contribution is -2.59. The number of hydrogen-bond acceptors (Lipinski definition) is 15. The van der Waals surface area contributed by atoms with E-state index >= 15 is 0 Å². The van der Waals surface area contributed by atoms with Gasteiger partial charge in [-0.1, -0.05) is 66.5 Å². The van der Waals surface area contributed by atoms with Gasteiger partial charge in [0.1, 0.15) is 35.2 Å². The third-order valence-corrected chi connectivity index (χ3v) is 12.3. The van der Waals surface area contributed by atoms with Gasteiger partial charge in [-0.25, -0.2) is 15.2 Å². The summed E-state index contributed by atoms with van der Waals surface area (Å²) in [4.78, 5) is 101. The first-order valence-corrected chi connectivity index (χ1v) is 23.3. The highest BCUT2D eigenvalue weighted by Gasteiger charge is 2.39. The SMILES string of the molecule is CCC(C)[C@H](NC(=O)[C@H]1CCCCN1C)C(=O)N(COC(=O)CC(C)C)[C@H](C[C@@H](O)c1nc(C(=O)N[C@@H](Cc2ccc(O)cc2)C(=O)[C@H](C)C(=O)NNC(=O)OCCS)cs1)C(C)C. The van der Waals surface area contributed by atoms with Gasteiger partial charge in [0.2, 0.25) is 17.7 Å². The van der Waals surface area contributed by atoms with Gasteiger partial charge in [-0.3, -0.25) is 39.1 Å². The Balaban J connectivity index is 1.87. The molecule has 2 aromatic rings. The first kappa shape index (κ1) is 53.5. The van der Waals surface area contributed by atoms with Gasteiger partial charge < -0.3 is 35.2 Å². The number of esters is 1. The number of Topliss-reactive ketones (excluding diaryl/α,β-unsaturated/α-hetero) is 1. The van der Waals surface area contributed by atoms with Gasteiger partial charge in [-0.2, -0.15) is 12.6 Å². The Kier molecular flexibility index (Phi) is 22.0. The maximum atomic E-state index is 14.7. The number of aliphatic hydroxyl groups is 1. The number of likely N-dealkylation sites (tertiary alicyclic amines) is 1. The van der Waals surface area contributed by atoms with Crippen LogP contribution in [0.2, 0.25) is 0 Å². The van der Waals surface area contributed by atoms with E-state index in [9.17, 15) is 43.8 Å². The van der Waals surface area contributed by atoms with Crippen molar-refractivity contribution in [3.05, 3.63) is 45.9 Å². The molecule has 0 bridgehead atoms. The van der Waals surface area contributed by atoms with Crippen LogP contribution >= 0.6 is 24.0 Å². The number of nitrogens with zero attached hydrogens (tertiary/aromatic N) is 3. The zero-order valence-corrected chi connectivity index (χ0v) is 39.8. The molecule has 1 saturated heterocycles. The summed E-state index contributed by atoms with van der Waals surface area (Å²) in [6.07, 6.45) is 0.811. The van der Waals surface area contributed by atoms with E-state index in [1.54, 1.807) is 12.1 Å². The molecule has 3 rings (SSSR count). The summed E-state index contributed by atoms with van der Waals surface area (Å²) in [5, 5.41) is 28.7. The maximum absolute atomic E-state index is 14.7. The Bertz CT molecular complexity index is 1880. The van der Waals surface area contributed by atoms with Crippen molar-refractivity contribution in [1.29, 1.82) is 0 Å². The molecule has 0 aliphatic carbocycles. The first-order valence-electron chi connectivity index (χ1n) is 21.8. The molecular weight excluding hydrogens is 867 g/mol. The number of ether oxygens (including phenoxy) is 2. The van der Waals surface area contributed by atoms with Crippen molar-refractivity contribution >= 4 is 65.4 Å². The molecule has 1 unspecified atom stereocenters. The number of phenolic OH excluding ortho intramolecular Hbond substituents is 1. The highest BCUT2D eigenvalue weighted by molar-refractivity contribution is 7.80. The molecule has 1 aromatic heterocycles. The van der Waals surface area contributed by atoms with E-state index in [-0.39, 0.29) is 71.7 Å². The van der Waals surface area contributed by atoms with Crippen molar-refractivity contribution in [3.63, 3.8) is 0 Å². The molecule has 1 fully saturated rings. The van der Waals surface area contributed by atoms with Gasteiger partial charge >= 0.3 is 12.1 Å². The van der Waals surface area contributed by atoms with Gasteiger partial charge in [0.15, 0.2) is 12.5 Å². The van der Waals surface area contributed by atoms with Gasteiger partial charge in [0.25, 0.3) is 5.91 Å². The van der Waals surface area contributed by atoms with E-state index in [1.165, 1.54) is 29.3 Å². The van der Waals surface area contributed by atoms with Crippen LogP contribution in [0, 0.1) is 23.7 Å². The monoisotopic (exact) mass is 933 g/mol. The lowest BCUT2D eigenvalue weighted by Gasteiger charge is -2.39. The van der Waals surface area contributed by atoms with E-state index < -0.39 is 78.5 Å². The molecule has 1 aromatic carbocycles. The Morgan fingerprint density at radius 3 is 2.28 bits per heavy atom. The van der Waals surface area contributed by atoms with Gasteiger partial charge in [-0.15, -0.1) is 11.3 Å². The number of carbonyl (C=O) groups excluding carboxylic acids is 7. The van der Waals surface area contributed by atoms with Crippen LogP contribution in [0.25, 0.3) is 0 Å². The van der Waals surface area contributed by atoms with Crippen LogP contribution < -0.4 is 21.5 Å².